The van der Waals surface area contributed by atoms with Crippen LogP contribution in [0.25, 0.3) is 0 Å². The quantitative estimate of drug-likeness (QED) is 0.404. The van der Waals surface area contributed by atoms with Crippen LogP contribution in [0.15, 0.2) is 53.4 Å². The first-order valence-corrected chi connectivity index (χ1v) is 9.84. The maximum absolute atomic E-state index is 12.4. The van der Waals surface area contributed by atoms with Crippen molar-refractivity contribution in [1.82, 2.24) is 0 Å². The molecule has 1 N–H and O–H groups in total. The van der Waals surface area contributed by atoms with E-state index in [0.29, 0.717) is 0 Å². The molecule has 0 amide bonds. The number of hydrogen-bond donors (Lipinski definition) is 1. The normalized spacial score (nSPS) is 11.1. The number of hydrogen-bond acceptors (Lipinski definition) is 6. The van der Waals surface area contributed by atoms with Crippen LogP contribution in [0.3, 0.4) is 0 Å². The highest BCUT2D eigenvalue weighted by Crippen LogP contribution is 2.24. The second-order valence-electron chi connectivity index (χ2n) is 5.72. The molecule has 140 valence electrons. The summed E-state index contributed by atoms with van der Waals surface area (Å²) in [6.07, 6.45) is 3.88. The van der Waals surface area contributed by atoms with Gasteiger partial charge in [0.05, 0.1) is 6.61 Å². The molecule has 2 rings (SSSR count). The highest BCUT2D eigenvalue weighted by atomic mass is 32.2. The van der Waals surface area contributed by atoms with Gasteiger partial charge in [-0.1, -0.05) is 38.3 Å². The summed E-state index contributed by atoms with van der Waals surface area (Å²) in [6.45, 7) is 2.37. The summed E-state index contributed by atoms with van der Waals surface area (Å²) in [5, 5.41) is 9.27. The van der Waals surface area contributed by atoms with Gasteiger partial charge in [-0.2, -0.15) is 8.42 Å². The molecule has 6 nitrogen and oxygen atoms in total. The molecular weight excluding hydrogens is 356 g/mol. The topological polar surface area (TPSA) is 89.9 Å². The SMILES string of the molecule is CCCCCCOC(=O)c1ccccc1OS(=O)(=O)c1ccc(O)cc1. The van der Waals surface area contributed by atoms with Crippen molar-refractivity contribution in [2.45, 2.75) is 37.5 Å². The van der Waals surface area contributed by atoms with Crippen molar-refractivity contribution in [2.75, 3.05) is 6.61 Å². The van der Waals surface area contributed by atoms with Crippen molar-refractivity contribution in [3.8, 4) is 11.5 Å². The smallest absolute Gasteiger partial charge is 0.341 e. The molecule has 7 heteroatoms. The predicted molar refractivity (Wildman–Crippen MR) is 96.8 cm³/mol. The molecule has 0 saturated carbocycles. The van der Waals surface area contributed by atoms with E-state index in [4.69, 9.17) is 8.92 Å². The molecule has 0 bridgehead atoms. The predicted octanol–water partition coefficient (Wildman–Crippen LogP) is 3.90. The second-order valence-corrected chi connectivity index (χ2v) is 7.27. The Balaban J connectivity index is 2.10. The van der Waals surface area contributed by atoms with Gasteiger partial charge in [-0.25, -0.2) is 4.79 Å². The molecule has 2 aromatic rings. The molecular formula is C19H22O6S. The summed E-state index contributed by atoms with van der Waals surface area (Å²) in [6, 6.07) is 11.0. The van der Waals surface area contributed by atoms with Crippen LogP contribution in [-0.2, 0) is 14.9 Å². The fourth-order valence-electron chi connectivity index (χ4n) is 2.26. The molecule has 0 aliphatic rings. The minimum Gasteiger partial charge on any atom is -0.508 e. The van der Waals surface area contributed by atoms with Gasteiger partial charge in [0.1, 0.15) is 16.2 Å². The van der Waals surface area contributed by atoms with Gasteiger partial charge in [-0.3, -0.25) is 0 Å². The molecule has 0 spiro atoms. The number of benzene rings is 2. The van der Waals surface area contributed by atoms with Crippen molar-refractivity contribution >= 4 is 16.1 Å². The van der Waals surface area contributed by atoms with Gasteiger partial charge in [-0.05, 0) is 42.8 Å². The number of unbranched alkanes of at least 4 members (excludes halogenated alkanes) is 3. The van der Waals surface area contributed by atoms with Gasteiger partial charge < -0.3 is 14.0 Å². The molecule has 0 aliphatic carbocycles. The number of ether oxygens (including phenoxy) is 1. The number of carbonyl (C=O) groups excluding carboxylic acids is 1. The number of carbonyl (C=O) groups is 1. The van der Waals surface area contributed by atoms with Gasteiger partial charge in [0, 0.05) is 0 Å². The lowest BCUT2D eigenvalue weighted by atomic mass is 10.2. The zero-order valence-corrected chi connectivity index (χ0v) is 15.4. The van der Waals surface area contributed by atoms with E-state index in [0.717, 1.165) is 25.7 Å². The zero-order chi connectivity index (χ0) is 19.0. The number of phenolic OH excluding ortho intramolecular Hbond substituents is 1. The summed E-state index contributed by atoms with van der Waals surface area (Å²) in [5.74, 6) is -0.784. The summed E-state index contributed by atoms with van der Waals surface area (Å²) >= 11 is 0. The standard InChI is InChI=1S/C19H22O6S/c1-2-3-4-7-14-24-19(21)17-8-5-6-9-18(17)25-26(22,23)16-12-10-15(20)11-13-16/h5-6,8-13,20H,2-4,7,14H2,1H3. The highest BCUT2D eigenvalue weighted by Gasteiger charge is 2.21. The first-order chi connectivity index (χ1) is 12.4. The average molecular weight is 378 g/mol. The highest BCUT2D eigenvalue weighted by molar-refractivity contribution is 7.87. The molecule has 0 radical (unpaired) electrons. The molecule has 0 aliphatic heterocycles. The van der Waals surface area contributed by atoms with Gasteiger partial charge >= 0.3 is 16.1 Å². The molecule has 2 aromatic carbocycles. The lowest BCUT2D eigenvalue weighted by Gasteiger charge is -2.11. The number of aromatic hydroxyl groups is 1. The van der Waals surface area contributed by atoms with Crippen LogP contribution >= 0.6 is 0 Å². The van der Waals surface area contributed by atoms with Crippen LogP contribution in [0.1, 0.15) is 43.0 Å². The van der Waals surface area contributed by atoms with Gasteiger partial charge in [0.25, 0.3) is 0 Å². The number of phenols is 1. The molecule has 0 atom stereocenters. The number of rotatable bonds is 9. The van der Waals surface area contributed by atoms with E-state index < -0.39 is 16.1 Å². The van der Waals surface area contributed by atoms with Crippen LogP contribution in [0.4, 0.5) is 0 Å². The monoisotopic (exact) mass is 378 g/mol. The Morgan fingerprint density at radius 3 is 2.38 bits per heavy atom. The van der Waals surface area contributed by atoms with Gasteiger partial charge in [0.2, 0.25) is 0 Å². The van der Waals surface area contributed by atoms with Crippen molar-refractivity contribution in [3.63, 3.8) is 0 Å². The largest absolute Gasteiger partial charge is 0.508 e. The molecule has 0 heterocycles. The molecule has 26 heavy (non-hydrogen) atoms. The van der Waals surface area contributed by atoms with Crippen LogP contribution < -0.4 is 4.18 Å². The van der Waals surface area contributed by atoms with E-state index in [-0.39, 0.29) is 28.6 Å². The number of para-hydroxylation sites is 1. The van der Waals surface area contributed by atoms with E-state index >= 15 is 0 Å². The molecule has 0 saturated heterocycles. The van der Waals surface area contributed by atoms with Crippen molar-refractivity contribution in [3.05, 3.63) is 54.1 Å². The Morgan fingerprint density at radius 2 is 1.69 bits per heavy atom. The van der Waals surface area contributed by atoms with Gasteiger partial charge in [0.15, 0.2) is 5.75 Å². The van der Waals surface area contributed by atoms with Crippen LogP contribution in [0.5, 0.6) is 11.5 Å². The first kappa shape index (κ1) is 19.8. The zero-order valence-electron chi connectivity index (χ0n) is 14.6. The third-order valence-electron chi connectivity index (χ3n) is 3.66. The Kier molecular flexibility index (Phi) is 7.03. The van der Waals surface area contributed by atoms with Crippen molar-refractivity contribution < 1.29 is 27.2 Å². The second kappa shape index (κ2) is 9.24. The van der Waals surface area contributed by atoms with E-state index in [1.807, 2.05) is 0 Å². The fraction of sp³-hybridized carbons (Fsp3) is 0.316. The van der Waals surface area contributed by atoms with Crippen LogP contribution in [0, 0.1) is 0 Å². The van der Waals surface area contributed by atoms with E-state index in [2.05, 4.69) is 6.92 Å². The molecule has 0 fully saturated rings. The third-order valence-corrected chi connectivity index (χ3v) is 4.91. The lowest BCUT2D eigenvalue weighted by molar-refractivity contribution is 0.0496. The Bertz CT molecular complexity index is 827. The number of esters is 1. The Morgan fingerprint density at radius 1 is 1.00 bits per heavy atom. The van der Waals surface area contributed by atoms with Crippen LogP contribution in [-0.4, -0.2) is 26.1 Å². The first-order valence-electron chi connectivity index (χ1n) is 8.43. The van der Waals surface area contributed by atoms with E-state index in [1.54, 1.807) is 12.1 Å². The van der Waals surface area contributed by atoms with Crippen molar-refractivity contribution in [2.24, 2.45) is 0 Å². The third kappa shape index (κ3) is 5.49. The maximum atomic E-state index is 12.4. The Labute approximate surface area is 153 Å². The van der Waals surface area contributed by atoms with E-state index in [9.17, 15) is 18.3 Å². The molecule has 0 unspecified atom stereocenters. The summed E-state index contributed by atoms with van der Waals surface area (Å²) in [7, 11) is -4.14. The minimum atomic E-state index is -4.14. The van der Waals surface area contributed by atoms with Crippen LogP contribution in [0.2, 0.25) is 0 Å². The fourth-order valence-corrected chi connectivity index (χ4v) is 3.21. The van der Waals surface area contributed by atoms with Crippen molar-refractivity contribution in [1.29, 1.82) is 0 Å². The van der Waals surface area contributed by atoms with Gasteiger partial charge in [-0.15, -0.1) is 0 Å². The average Bonchev–Trinajstić information content (AvgIpc) is 2.62. The Hall–Kier alpha value is -2.54. The molecule has 0 aromatic heterocycles. The summed E-state index contributed by atoms with van der Waals surface area (Å²) in [4.78, 5) is 12.1. The van der Waals surface area contributed by atoms with E-state index in [1.165, 1.54) is 36.4 Å². The maximum Gasteiger partial charge on any atom is 0.341 e. The summed E-state index contributed by atoms with van der Waals surface area (Å²) < 4.78 is 35.0. The summed E-state index contributed by atoms with van der Waals surface area (Å²) in [5.41, 5.74) is 0.0466. The minimum absolute atomic E-state index is 0.0466. The lowest BCUT2D eigenvalue weighted by Crippen LogP contribution is -2.14.